The van der Waals surface area contributed by atoms with Crippen molar-refractivity contribution in [1.82, 2.24) is 4.57 Å². The Hall–Kier alpha value is -4.62. The van der Waals surface area contributed by atoms with E-state index in [-0.39, 0.29) is 0 Å². The summed E-state index contributed by atoms with van der Waals surface area (Å²) in [5.74, 6) is 1.39. The summed E-state index contributed by atoms with van der Waals surface area (Å²) >= 11 is 0. The molecule has 1 heterocycles. The average molecular weight is 626 g/mol. The van der Waals surface area contributed by atoms with Gasteiger partial charge in [0, 0.05) is 16.5 Å². The summed E-state index contributed by atoms with van der Waals surface area (Å²) in [4.78, 5) is 0. The van der Waals surface area contributed by atoms with Gasteiger partial charge in [0.2, 0.25) is 0 Å². The molecule has 0 atom stereocenters. The zero-order chi connectivity index (χ0) is 32.1. The number of hydrogen-bond acceptors (Lipinski definition) is 0. The van der Waals surface area contributed by atoms with E-state index in [2.05, 4.69) is 144 Å². The zero-order valence-corrected chi connectivity index (χ0v) is 28.2. The molecule has 8 rings (SSSR count). The van der Waals surface area contributed by atoms with Crippen molar-refractivity contribution in [3.63, 3.8) is 0 Å². The molecule has 0 amide bonds. The first-order valence-corrected chi connectivity index (χ1v) is 18.5. The molecule has 48 heavy (non-hydrogen) atoms. The largest absolute Gasteiger partial charge is 0.309 e. The minimum atomic E-state index is 0.695. The second-order valence-corrected chi connectivity index (χ2v) is 14.2. The minimum absolute atomic E-state index is 0.695. The van der Waals surface area contributed by atoms with Crippen molar-refractivity contribution in [1.29, 1.82) is 0 Å². The van der Waals surface area contributed by atoms with E-state index >= 15 is 0 Å². The molecule has 0 aliphatic heterocycles. The van der Waals surface area contributed by atoms with Crippen molar-refractivity contribution in [2.75, 3.05) is 0 Å². The van der Waals surface area contributed by atoms with E-state index in [1.54, 1.807) is 0 Å². The standard InChI is InChI=1S/C47H47N/c1-5-14-35(15-6-1)24-26-39(27-25-36-16-7-2-8-17-36)40-22-13-23-43(32-40)48-46-30-28-41(37-18-9-3-10-19-37)33-44(46)45-34-42(29-31-47(45)48)38-20-11-4-12-21-38/h1-2,5-8,13-17,22-24,26-34,37-38H,3-4,9-12,18-21,25H2/b26-24+,39-27+. The van der Waals surface area contributed by atoms with E-state index in [1.807, 2.05) is 0 Å². The Bertz CT molecular complexity index is 1970. The highest BCUT2D eigenvalue weighted by Crippen LogP contribution is 2.41. The van der Waals surface area contributed by atoms with Crippen molar-refractivity contribution >= 4 is 33.5 Å². The predicted molar refractivity (Wildman–Crippen MR) is 206 cm³/mol. The van der Waals surface area contributed by atoms with Gasteiger partial charge in [0.1, 0.15) is 0 Å². The van der Waals surface area contributed by atoms with Crippen LogP contribution in [-0.2, 0) is 6.42 Å². The molecule has 0 radical (unpaired) electrons. The summed E-state index contributed by atoms with van der Waals surface area (Å²) in [5, 5.41) is 2.83. The maximum atomic E-state index is 2.56. The zero-order valence-electron chi connectivity index (χ0n) is 28.2. The topological polar surface area (TPSA) is 4.93 Å². The van der Waals surface area contributed by atoms with E-state index in [0.29, 0.717) is 11.8 Å². The molecular formula is C47H47N. The van der Waals surface area contributed by atoms with Crippen LogP contribution in [0, 0.1) is 0 Å². The first kappa shape index (κ1) is 30.7. The number of allylic oxidation sites excluding steroid dienone is 3. The van der Waals surface area contributed by atoms with Crippen LogP contribution in [0.25, 0.3) is 39.1 Å². The highest BCUT2D eigenvalue weighted by Gasteiger charge is 2.21. The van der Waals surface area contributed by atoms with Gasteiger partial charge in [-0.15, -0.1) is 0 Å². The smallest absolute Gasteiger partial charge is 0.0541 e. The number of aromatic nitrogens is 1. The Morgan fingerprint density at radius 1 is 0.562 bits per heavy atom. The molecule has 0 bridgehead atoms. The van der Waals surface area contributed by atoms with Crippen LogP contribution in [0.4, 0.5) is 0 Å². The van der Waals surface area contributed by atoms with Crippen LogP contribution in [0.5, 0.6) is 0 Å². The molecule has 1 nitrogen and oxygen atoms in total. The Morgan fingerprint density at radius 2 is 1.15 bits per heavy atom. The summed E-state index contributed by atoms with van der Waals surface area (Å²) in [7, 11) is 0. The second kappa shape index (κ2) is 14.2. The monoisotopic (exact) mass is 625 g/mol. The Morgan fingerprint density at radius 3 is 1.75 bits per heavy atom. The van der Waals surface area contributed by atoms with Gasteiger partial charge in [0.15, 0.2) is 0 Å². The highest BCUT2D eigenvalue weighted by atomic mass is 15.0. The molecule has 0 N–H and O–H groups in total. The van der Waals surface area contributed by atoms with Crippen LogP contribution in [0.3, 0.4) is 0 Å². The first-order chi connectivity index (χ1) is 23.8. The summed E-state index contributed by atoms with van der Waals surface area (Å²) < 4.78 is 2.53. The Balaban J connectivity index is 1.24. The fourth-order valence-corrected chi connectivity index (χ4v) is 8.42. The maximum Gasteiger partial charge on any atom is 0.0541 e. The van der Waals surface area contributed by atoms with Gasteiger partial charge in [0.25, 0.3) is 0 Å². The number of nitrogens with zero attached hydrogens (tertiary/aromatic N) is 1. The van der Waals surface area contributed by atoms with Crippen LogP contribution in [0.1, 0.15) is 104 Å². The molecule has 2 aliphatic carbocycles. The molecule has 2 fully saturated rings. The predicted octanol–water partition coefficient (Wildman–Crippen LogP) is 13.2. The number of benzene rings is 5. The van der Waals surface area contributed by atoms with Crippen LogP contribution >= 0.6 is 0 Å². The van der Waals surface area contributed by atoms with Crippen molar-refractivity contribution < 1.29 is 0 Å². The molecule has 1 heteroatoms. The normalized spacial score (nSPS) is 16.7. The van der Waals surface area contributed by atoms with Crippen LogP contribution < -0.4 is 0 Å². The average Bonchev–Trinajstić information content (AvgIpc) is 3.49. The Kier molecular flexibility index (Phi) is 9.11. The van der Waals surface area contributed by atoms with Gasteiger partial charge in [-0.1, -0.05) is 142 Å². The Labute approximate surface area is 286 Å². The van der Waals surface area contributed by atoms with Gasteiger partial charge < -0.3 is 4.57 Å². The van der Waals surface area contributed by atoms with Gasteiger partial charge in [-0.3, -0.25) is 0 Å². The molecule has 240 valence electrons. The number of rotatable bonds is 8. The molecule has 2 aliphatic rings. The van der Waals surface area contributed by atoms with Crippen molar-refractivity contribution in [2.24, 2.45) is 0 Å². The molecule has 6 aromatic rings. The third kappa shape index (κ3) is 6.56. The van der Waals surface area contributed by atoms with Gasteiger partial charge >= 0.3 is 0 Å². The van der Waals surface area contributed by atoms with E-state index in [1.165, 1.54) is 125 Å². The van der Waals surface area contributed by atoms with Crippen LogP contribution in [-0.4, -0.2) is 4.57 Å². The fraction of sp³-hybridized carbons (Fsp3) is 0.277. The third-order valence-electron chi connectivity index (χ3n) is 11.1. The molecule has 2 saturated carbocycles. The van der Waals surface area contributed by atoms with Gasteiger partial charge in [-0.25, -0.2) is 0 Å². The van der Waals surface area contributed by atoms with Gasteiger partial charge in [-0.05, 0) is 114 Å². The highest BCUT2D eigenvalue weighted by molar-refractivity contribution is 6.10. The lowest BCUT2D eigenvalue weighted by Gasteiger charge is -2.22. The van der Waals surface area contributed by atoms with E-state index in [4.69, 9.17) is 0 Å². The van der Waals surface area contributed by atoms with Gasteiger partial charge in [0.05, 0.1) is 11.0 Å². The lowest BCUT2D eigenvalue weighted by atomic mass is 9.83. The molecule has 0 spiro atoms. The quantitative estimate of drug-likeness (QED) is 0.148. The summed E-state index contributed by atoms with van der Waals surface area (Å²) in [6, 6.07) is 45.5. The lowest BCUT2D eigenvalue weighted by molar-refractivity contribution is 0.444. The minimum Gasteiger partial charge on any atom is -0.309 e. The summed E-state index contributed by atoms with van der Waals surface area (Å²) in [6.07, 6.45) is 21.3. The van der Waals surface area contributed by atoms with Crippen LogP contribution in [0.15, 0.2) is 133 Å². The van der Waals surface area contributed by atoms with Crippen molar-refractivity contribution in [3.05, 3.63) is 161 Å². The second-order valence-electron chi connectivity index (χ2n) is 14.2. The summed E-state index contributed by atoms with van der Waals surface area (Å²) in [5.41, 5.74) is 11.9. The summed E-state index contributed by atoms with van der Waals surface area (Å²) in [6.45, 7) is 0. The fourth-order valence-electron chi connectivity index (χ4n) is 8.42. The SMILES string of the molecule is C(=C\c1ccccc1)/C(=C\Cc1ccccc1)c1cccc(-n2c3ccc(C4CCCCC4)cc3c3cc(C4CCCCC4)ccc32)c1. The maximum absolute atomic E-state index is 2.56. The van der Waals surface area contributed by atoms with E-state index in [0.717, 1.165) is 6.42 Å². The molecular weight excluding hydrogens is 579 g/mol. The van der Waals surface area contributed by atoms with Crippen LogP contribution in [0.2, 0.25) is 0 Å². The van der Waals surface area contributed by atoms with Gasteiger partial charge in [-0.2, -0.15) is 0 Å². The molecule has 0 saturated heterocycles. The number of hydrogen-bond donors (Lipinski definition) is 0. The third-order valence-corrected chi connectivity index (χ3v) is 11.1. The lowest BCUT2D eigenvalue weighted by Crippen LogP contribution is -2.04. The van der Waals surface area contributed by atoms with Crippen molar-refractivity contribution in [3.8, 4) is 5.69 Å². The van der Waals surface area contributed by atoms with E-state index < -0.39 is 0 Å². The molecule has 1 aromatic heterocycles. The van der Waals surface area contributed by atoms with E-state index in [9.17, 15) is 0 Å². The van der Waals surface area contributed by atoms with Crippen molar-refractivity contribution in [2.45, 2.75) is 82.5 Å². The number of fused-ring (bicyclic) bond motifs is 3. The molecule has 0 unspecified atom stereocenters. The first-order valence-electron chi connectivity index (χ1n) is 18.5. The molecule has 5 aromatic carbocycles.